The summed E-state index contributed by atoms with van der Waals surface area (Å²) < 4.78 is 20.9. The van der Waals surface area contributed by atoms with Crippen molar-refractivity contribution in [3.8, 4) is 23.0 Å². The lowest BCUT2D eigenvalue weighted by atomic mass is 10.1. The van der Waals surface area contributed by atoms with Crippen LogP contribution in [0.4, 0.5) is 0 Å². The lowest BCUT2D eigenvalue weighted by Crippen LogP contribution is -2.11. The highest BCUT2D eigenvalue weighted by atomic mass is 16.5. The molecule has 6 nitrogen and oxygen atoms in total. The molecule has 0 unspecified atom stereocenters. The number of carbonyl (C=O) groups excluding carboxylic acids is 1. The first-order chi connectivity index (χ1) is 9.60. The van der Waals surface area contributed by atoms with Crippen molar-refractivity contribution >= 4 is 5.78 Å². The molecular formula is C14H20O6. The Morgan fingerprint density at radius 2 is 1.80 bits per heavy atom. The molecule has 0 aliphatic rings. The van der Waals surface area contributed by atoms with Crippen molar-refractivity contribution in [3.63, 3.8) is 0 Å². The van der Waals surface area contributed by atoms with Crippen molar-refractivity contribution in [2.75, 3.05) is 34.0 Å². The van der Waals surface area contributed by atoms with Crippen LogP contribution < -0.4 is 14.2 Å². The minimum absolute atomic E-state index is 0.0361. The molecule has 1 rings (SSSR count). The van der Waals surface area contributed by atoms with Crippen LogP contribution in [0.25, 0.3) is 0 Å². The number of rotatable bonds is 8. The molecule has 1 N–H and O–H groups in total. The van der Waals surface area contributed by atoms with Crippen LogP contribution in [0.15, 0.2) is 6.07 Å². The molecule has 0 aliphatic carbocycles. The Morgan fingerprint density at radius 3 is 2.30 bits per heavy atom. The SMILES string of the molecule is CCOc1cc(O)c(C(=O)COC)c(OCC)c1OC. The van der Waals surface area contributed by atoms with E-state index in [9.17, 15) is 9.90 Å². The third kappa shape index (κ3) is 3.33. The van der Waals surface area contributed by atoms with Crippen molar-refractivity contribution in [2.45, 2.75) is 13.8 Å². The zero-order valence-electron chi connectivity index (χ0n) is 12.2. The number of ketones is 1. The molecule has 1 aromatic carbocycles. The first kappa shape index (κ1) is 16.1. The summed E-state index contributed by atoms with van der Waals surface area (Å²) in [5, 5.41) is 10.1. The minimum atomic E-state index is -0.394. The van der Waals surface area contributed by atoms with Crippen LogP contribution in [-0.4, -0.2) is 44.9 Å². The third-order valence-corrected chi connectivity index (χ3v) is 2.53. The number of phenols is 1. The second kappa shape index (κ2) is 7.59. The highest BCUT2D eigenvalue weighted by Crippen LogP contribution is 2.45. The van der Waals surface area contributed by atoms with E-state index in [1.54, 1.807) is 13.8 Å². The number of methoxy groups -OCH3 is 2. The largest absolute Gasteiger partial charge is 0.507 e. The second-order valence-electron chi connectivity index (χ2n) is 3.85. The number of hydrogen-bond donors (Lipinski definition) is 1. The van der Waals surface area contributed by atoms with E-state index >= 15 is 0 Å². The molecule has 0 saturated carbocycles. The van der Waals surface area contributed by atoms with Gasteiger partial charge in [0.25, 0.3) is 0 Å². The van der Waals surface area contributed by atoms with Gasteiger partial charge in [0.2, 0.25) is 5.75 Å². The van der Waals surface area contributed by atoms with Gasteiger partial charge in [-0.1, -0.05) is 0 Å². The molecule has 0 aliphatic heterocycles. The molecule has 20 heavy (non-hydrogen) atoms. The van der Waals surface area contributed by atoms with Gasteiger partial charge < -0.3 is 24.1 Å². The lowest BCUT2D eigenvalue weighted by molar-refractivity contribution is 0.0840. The molecule has 0 heterocycles. The predicted octanol–water partition coefficient (Wildman–Crippen LogP) is 2.03. The fourth-order valence-electron chi connectivity index (χ4n) is 1.81. The van der Waals surface area contributed by atoms with Gasteiger partial charge in [0, 0.05) is 13.2 Å². The smallest absolute Gasteiger partial charge is 0.204 e. The quantitative estimate of drug-likeness (QED) is 0.736. The van der Waals surface area contributed by atoms with Gasteiger partial charge in [0.05, 0.1) is 20.3 Å². The zero-order chi connectivity index (χ0) is 15.1. The van der Waals surface area contributed by atoms with E-state index < -0.39 is 5.78 Å². The van der Waals surface area contributed by atoms with Gasteiger partial charge in [-0.3, -0.25) is 4.79 Å². The average molecular weight is 284 g/mol. The molecule has 0 atom stereocenters. The summed E-state index contributed by atoms with van der Waals surface area (Å²) in [5.74, 6) is 0.158. The predicted molar refractivity (Wildman–Crippen MR) is 73.2 cm³/mol. The summed E-state index contributed by atoms with van der Waals surface area (Å²) >= 11 is 0. The van der Waals surface area contributed by atoms with Crippen LogP contribution in [0.1, 0.15) is 24.2 Å². The zero-order valence-corrected chi connectivity index (χ0v) is 12.2. The number of ether oxygens (including phenoxy) is 4. The molecule has 0 saturated heterocycles. The summed E-state index contributed by atoms with van der Waals surface area (Å²) in [6.07, 6.45) is 0. The van der Waals surface area contributed by atoms with E-state index in [-0.39, 0.29) is 29.4 Å². The molecule has 0 amide bonds. The normalized spacial score (nSPS) is 10.2. The van der Waals surface area contributed by atoms with Gasteiger partial charge in [-0.15, -0.1) is 0 Å². The topological polar surface area (TPSA) is 74.2 Å². The minimum Gasteiger partial charge on any atom is -0.507 e. The fourth-order valence-corrected chi connectivity index (χ4v) is 1.81. The van der Waals surface area contributed by atoms with Crippen molar-refractivity contribution < 1.29 is 28.8 Å². The number of carbonyl (C=O) groups is 1. The standard InChI is InChI=1S/C14H20O6/c1-5-19-11-7-9(15)12(10(16)8-17-3)14(20-6-2)13(11)18-4/h7,15H,5-6,8H2,1-4H3. The first-order valence-corrected chi connectivity index (χ1v) is 6.32. The molecule has 0 radical (unpaired) electrons. The van der Waals surface area contributed by atoms with Gasteiger partial charge in [0.15, 0.2) is 17.3 Å². The summed E-state index contributed by atoms with van der Waals surface area (Å²) in [5.41, 5.74) is 0.0361. The average Bonchev–Trinajstić information content (AvgIpc) is 2.39. The number of Topliss-reactive ketones (excluding diaryl/α,β-unsaturated/α-hetero) is 1. The van der Waals surface area contributed by atoms with Crippen LogP contribution in [0, 0.1) is 0 Å². The molecular weight excluding hydrogens is 264 g/mol. The number of hydrogen-bond acceptors (Lipinski definition) is 6. The van der Waals surface area contributed by atoms with Gasteiger partial charge in [0.1, 0.15) is 17.9 Å². The summed E-state index contributed by atoms with van der Waals surface area (Å²) in [7, 11) is 2.85. The fraction of sp³-hybridized carbons (Fsp3) is 0.500. The molecule has 0 bridgehead atoms. The van der Waals surface area contributed by atoms with E-state index in [4.69, 9.17) is 18.9 Å². The van der Waals surface area contributed by atoms with Gasteiger partial charge in [-0.25, -0.2) is 0 Å². The number of phenolic OH excluding ortho intramolecular Hbond substituents is 1. The maximum absolute atomic E-state index is 12.0. The molecule has 6 heteroatoms. The van der Waals surface area contributed by atoms with Crippen LogP contribution in [-0.2, 0) is 4.74 Å². The van der Waals surface area contributed by atoms with Crippen LogP contribution in [0.2, 0.25) is 0 Å². The second-order valence-corrected chi connectivity index (χ2v) is 3.85. The molecule has 1 aromatic rings. The van der Waals surface area contributed by atoms with Crippen LogP contribution in [0.5, 0.6) is 23.0 Å². The Morgan fingerprint density at radius 1 is 1.15 bits per heavy atom. The lowest BCUT2D eigenvalue weighted by Gasteiger charge is -2.18. The van der Waals surface area contributed by atoms with E-state index in [0.29, 0.717) is 19.0 Å². The number of benzene rings is 1. The highest BCUT2D eigenvalue weighted by Gasteiger charge is 2.25. The van der Waals surface area contributed by atoms with Crippen LogP contribution in [0.3, 0.4) is 0 Å². The van der Waals surface area contributed by atoms with Crippen molar-refractivity contribution in [3.05, 3.63) is 11.6 Å². The van der Waals surface area contributed by atoms with E-state index in [1.807, 2.05) is 0 Å². The number of aromatic hydroxyl groups is 1. The molecule has 0 fully saturated rings. The van der Waals surface area contributed by atoms with E-state index in [1.165, 1.54) is 20.3 Å². The summed E-state index contributed by atoms with van der Waals surface area (Å²) in [6, 6.07) is 1.34. The Labute approximate surface area is 118 Å². The monoisotopic (exact) mass is 284 g/mol. The van der Waals surface area contributed by atoms with Gasteiger partial charge in [-0.05, 0) is 13.8 Å². The van der Waals surface area contributed by atoms with E-state index in [0.717, 1.165) is 0 Å². The summed E-state index contributed by atoms with van der Waals surface area (Å²) in [6.45, 7) is 4.13. The van der Waals surface area contributed by atoms with E-state index in [2.05, 4.69) is 0 Å². The van der Waals surface area contributed by atoms with Crippen molar-refractivity contribution in [1.29, 1.82) is 0 Å². The Balaban J connectivity index is 3.45. The Hall–Kier alpha value is -1.95. The third-order valence-electron chi connectivity index (χ3n) is 2.53. The van der Waals surface area contributed by atoms with Crippen molar-refractivity contribution in [2.24, 2.45) is 0 Å². The Kier molecular flexibility index (Phi) is 6.11. The summed E-state index contributed by atoms with van der Waals surface area (Å²) in [4.78, 5) is 12.0. The first-order valence-electron chi connectivity index (χ1n) is 6.32. The molecule has 0 spiro atoms. The van der Waals surface area contributed by atoms with Gasteiger partial charge >= 0.3 is 0 Å². The molecule has 112 valence electrons. The van der Waals surface area contributed by atoms with Crippen LogP contribution >= 0.6 is 0 Å². The van der Waals surface area contributed by atoms with Gasteiger partial charge in [-0.2, -0.15) is 0 Å². The maximum Gasteiger partial charge on any atom is 0.204 e. The Bertz CT molecular complexity index is 469. The maximum atomic E-state index is 12.0. The highest BCUT2D eigenvalue weighted by molar-refractivity contribution is 6.03. The molecule has 0 aromatic heterocycles. The van der Waals surface area contributed by atoms with Crippen molar-refractivity contribution in [1.82, 2.24) is 0 Å².